The van der Waals surface area contributed by atoms with Crippen molar-refractivity contribution in [3.05, 3.63) is 0 Å². The van der Waals surface area contributed by atoms with E-state index in [1.54, 1.807) is 0 Å². The highest BCUT2D eigenvalue weighted by Gasteiger charge is 2.50. The summed E-state index contributed by atoms with van der Waals surface area (Å²) in [7, 11) is 0. The zero-order chi connectivity index (χ0) is 8.73. The molecule has 1 saturated carbocycles. The van der Waals surface area contributed by atoms with E-state index in [4.69, 9.17) is 4.74 Å². The lowest BCUT2D eigenvalue weighted by Gasteiger charge is -2.37. The molecular weight excluding hydrogens is 162 g/mol. The quantitative estimate of drug-likeness (QED) is 0.612. The topological polar surface area (TPSA) is 21.3 Å². The van der Waals surface area contributed by atoms with E-state index in [1.165, 1.54) is 38.6 Å². The van der Waals surface area contributed by atoms with Gasteiger partial charge in [-0.15, -0.1) is 0 Å². The molecule has 3 fully saturated rings. The Labute approximate surface area is 80.0 Å². The molecule has 2 aliphatic heterocycles. The molecule has 1 N–H and O–H groups in total. The van der Waals surface area contributed by atoms with Gasteiger partial charge in [-0.25, -0.2) is 0 Å². The van der Waals surface area contributed by atoms with Gasteiger partial charge < -0.3 is 10.1 Å². The Bertz CT molecular complexity index is 193. The summed E-state index contributed by atoms with van der Waals surface area (Å²) < 4.78 is 5.48. The fourth-order valence-electron chi connectivity index (χ4n) is 3.73. The van der Waals surface area contributed by atoms with Crippen LogP contribution in [0, 0.1) is 11.3 Å². The molecule has 0 radical (unpaired) electrons. The van der Waals surface area contributed by atoms with Crippen LogP contribution < -0.4 is 5.32 Å². The van der Waals surface area contributed by atoms with Gasteiger partial charge in [-0.2, -0.15) is 0 Å². The maximum Gasteiger partial charge on any atom is 0.0471 e. The molecule has 0 aromatic heterocycles. The maximum absolute atomic E-state index is 5.48. The summed E-state index contributed by atoms with van der Waals surface area (Å²) >= 11 is 0. The van der Waals surface area contributed by atoms with Gasteiger partial charge in [-0.1, -0.05) is 6.42 Å². The highest BCUT2D eigenvalue weighted by atomic mass is 16.5. The minimum atomic E-state index is 0.638. The van der Waals surface area contributed by atoms with Crippen molar-refractivity contribution < 1.29 is 4.74 Å². The highest BCUT2D eigenvalue weighted by molar-refractivity contribution is 5.04. The molecule has 3 rings (SSSR count). The molecule has 0 amide bonds. The molecule has 1 spiro atoms. The minimum Gasteiger partial charge on any atom is -0.381 e. The van der Waals surface area contributed by atoms with Gasteiger partial charge in [0.05, 0.1) is 0 Å². The summed E-state index contributed by atoms with van der Waals surface area (Å²) in [5, 5.41) is 3.72. The number of fused-ring (bicyclic) bond motifs is 2. The average Bonchev–Trinajstić information content (AvgIpc) is 2.73. The van der Waals surface area contributed by atoms with E-state index in [9.17, 15) is 0 Å². The first-order valence-corrected chi connectivity index (χ1v) is 5.72. The smallest absolute Gasteiger partial charge is 0.0471 e. The van der Waals surface area contributed by atoms with Gasteiger partial charge in [-0.05, 0) is 37.0 Å². The Morgan fingerprint density at radius 1 is 1.15 bits per heavy atom. The van der Waals surface area contributed by atoms with Crippen LogP contribution in [0.3, 0.4) is 0 Å². The first kappa shape index (κ1) is 8.25. The number of ether oxygens (including phenoxy) is 1. The standard InChI is InChI=1S/C11H19NO/c1-2-9-10(3-1)12-8-11(9)4-6-13-7-5-11/h9-10,12H,1-8H2/t9-,10+/m1/s1. The van der Waals surface area contributed by atoms with E-state index in [0.29, 0.717) is 5.41 Å². The van der Waals surface area contributed by atoms with Crippen molar-refractivity contribution in [1.29, 1.82) is 0 Å². The summed E-state index contributed by atoms with van der Waals surface area (Å²) in [5.74, 6) is 0.983. The first-order chi connectivity index (χ1) is 6.41. The Hall–Kier alpha value is -0.0800. The SMILES string of the molecule is C1C[C@@H]2NCC3(CCOCC3)[C@@H]2C1. The molecule has 2 nitrogen and oxygen atoms in total. The largest absolute Gasteiger partial charge is 0.381 e. The van der Waals surface area contributed by atoms with Gasteiger partial charge in [0.15, 0.2) is 0 Å². The van der Waals surface area contributed by atoms with Crippen LogP contribution in [0.25, 0.3) is 0 Å². The van der Waals surface area contributed by atoms with Crippen LogP contribution >= 0.6 is 0 Å². The molecule has 2 atom stereocenters. The van der Waals surface area contributed by atoms with Crippen molar-refractivity contribution in [2.75, 3.05) is 19.8 Å². The zero-order valence-corrected chi connectivity index (χ0v) is 8.22. The van der Waals surface area contributed by atoms with E-state index in [2.05, 4.69) is 5.32 Å². The number of rotatable bonds is 0. The van der Waals surface area contributed by atoms with Crippen LogP contribution in [0.4, 0.5) is 0 Å². The van der Waals surface area contributed by atoms with Crippen LogP contribution in [0.1, 0.15) is 32.1 Å². The summed E-state index contributed by atoms with van der Waals surface area (Å²) in [5.41, 5.74) is 0.638. The second kappa shape index (κ2) is 2.96. The predicted octanol–water partition coefficient (Wildman–Crippen LogP) is 1.56. The number of hydrogen-bond acceptors (Lipinski definition) is 2. The normalized spacial score (nSPS) is 42.5. The lowest BCUT2D eigenvalue weighted by molar-refractivity contribution is 0.00122. The molecule has 0 unspecified atom stereocenters. The molecule has 2 heterocycles. The molecule has 2 saturated heterocycles. The Kier molecular flexibility index (Phi) is 1.88. The van der Waals surface area contributed by atoms with Gasteiger partial charge in [0.25, 0.3) is 0 Å². The predicted molar refractivity (Wildman–Crippen MR) is 51.6 cm³/mol. The van der Waals surface area contributed by atoms with Crippen LogP contribution in [0.2, 0.25) is 0 Å². The molecule has 2 heteroatoms. The third-order valence-corrected chi connectivity index (χ3v) is 4.51. The average molecular weight is 181 g/mol. The van der Waals surface area contributed by atoms with Gasteiger partial charge in [-0.3, -0.25) is 0 Å². The Morgan fingerprint density at radius 2 is 2.00 bits per heavy atom. The summed E-state index contributed by atoms with van der Waals surface area (Å²) in [6, 6.07) is 0.859. The van der Waals surface area contributed by atoms with Gasteiger partial charge in [0, 0.05) is 25.8 Å². The van der Waals surface area contributed by atoms with Crippen molar-refractivity contribution in [1.82, 2.24) is 5.32 Å². The second-order valence-corrected chi connectivity index (χ2v) is 5.00. The molecule has 0 aromatic carbocycles. The molecule has 13 heavy (non-hydrogen) atoms. The third-order valence-electron chi connectivity index (χ3n) is 4.51. The van der Waals surface area contributed by atoms with E-state index in [0.717, 1.165) is 25.2 Å². The van der Waals surface area contributed by atoms with Crippen molar-refractivity contribution in [2.24, 2.45) is 11.3 Å². The molecule has 0 bridgehead atoms. The third kappa shape index (κ3) is 1.15. The van der Waals surface area contributed by atoms with Crippen molar-refractivity contribution in [2.45, 2.75) is 38.1 Å². The van der Waals surface area contributed by atoms with Crippen molar-refractivity contribution in [3.8, 4) is 0 Å². The summed E-state index contributed by atoms with van der Waals surface area (Å²) in [4.78, 5) is 0. The van der Waals surface area contributed by atoms with E-state index < -0.39 is 0 Å². The molecule has 0 aromatic rings. The van der Waals surface area contributed by atoms with Gasteiger partial charge in [0.1, 0.15) is 0 Å². The van der Waals surface area contributed by atoms with Crippen molar-refractivity contribution in [3.63, 3.8) is 0 Å². The number of hydrogen-bond donors (Lipinski definition) is 1. The molecular formula is C11H19NO. The fourth-order valence-corrected chi connectivity index (χ4v) is 3.73. The first-order valence-electron chi connectivity index (χ1n) is 5.72. The van der Waals surface area contributed by atoms with Crippen LogP contribution in [0.5, 0.6) is 0 Å². The Balaban J connectivity index is 1.81. The van der Waals surface area contributed by atoms with Crippen LogP contribution in [-0.2, 0) is 4.74 Å². The summed E-state index contributed by atoms with van der Waals surface area (Å²) in [6.45, 7) is 3.28. The molecule has 1 aliphatic carbocycles. The van der Waals surface area contributed by atoms with E-state index in [-0.39, 0.29) is 0 Å². The monoisotopic (exact) mass is 181 g/mol. The molecule has 74 valence electrons. The maximum atomic E-state index is 5.48. The Morgan fingerprint density at radius 3 is 2.85 bits per heavy atom. The highest BCUT2D eigenvalue weighted by Crippen LogP contribution is 2.49. The van der Waals surface area contributed by atoms with E-state index in [1.807, 2.05) is 0 Å². The fraction of sp³-hybridized carbons (Fsp3) is 1.00. The molecule has 3 aliphatic rings. The van der Waals surface area contributed by atoms with E-state index >= 15 is 0 Å². The summed E-state index contributed by atoms with van der Waals surface area (Å²) in [6.07, 6.45) is 6.96. The lowest BCUT2D eigenvalue weighted by atomic mass is 9.71. The van der Waals surface area contributed by atoms with Gasteiger partial charge in [0.2, 0.25) is 0 Å². The number of nitrogens with one attached hydrogen (secondary N) is 1. The second-order valence-electron chi connectivity index (χ2n) is 5.00. The zero-order valence-electron chi connectivity index (χ0n) is 8.22. The van der Waals surface area contributed by atoms with Crippen molar-refractivity contribution >= 4 is 0 Å². The van der Waals surface area contributed by atoms with Crippen LogP contribution in [-0.4, -0.2) is 25.8 Å². The lowest BCUT2D eigenvalue weighted by Crippen LogP contribution is -2.36. The van der Waals surface area contributed by atoms with Gasteiger partial charge >= 0.3 is 0 Å². The minimum absolute atomic E-state index is 0.638. The van der Waals surface area contributed by atoms with Crippen LogP contribution in [0.15, 0.2) is 0 Å².